The van der Waals surface area contributed by atoms with Gasteiger partial charge in [0.25, 0.3) is 0 Å². The Kier molecular flexibility index (Phi) is 4.69. The molecular weight excluding hydrogens is 290 g/mol. The second-order valence-corrected chi connectivity index (χ2v) is 7.09. The summed E-state index contributed by atoms with van der Waals surface area (Å²) in [4.78, 5) is 22.3. The number of pyridine rings is 1. The number of hydrogen-bond donors (Lipinski definition) is 1. The lowest BCUT2D eigenvalue weighted by atomic mass is 9.65. The zero-order valence-corrected chi connectivity index (χ0v) is 14.2. The van der Waals surface area contributed by atoms with Gasteiger partial charge in [-0.25, -0.2) is 5.06 Å². The number of carbonyl (C=O) groups is 1. The zero-order chi connectivity index (χ0) is 16.3. The average Bonchev–Trinajstić information content (AvgIpc) is 3.02. The molecule has 126 valence electrons. The van der Waals surface area contributed by atoms with Crippen LogP contribution in [0.4, 0.5) is 0 Å². The highest BCUT2D eigenvalue weighted by Gasteiger charge is 2.48. The SMILES string of the molecule is CON(C)C(=O)C[C@@]1(c2ccccn2)CCNC2(CCCC2)C1. The summed E-state index contributed by atoms with van der Waals surface area (Å²) in [6.07, 6.45) is 9.18. The predicted octanol–water partition coefficient (Wildman–Crippen LogP) is 2.43. The molecule has 2 heterocycles. The van der Waals surface area contributed by atoms with E-state index < -0.39 is 0 Å². The number of hydroxylamine groups is 2. The fourth-order valence-electron chi connectivity index (χ4n) is 4.41. The third-order valence-electron chi connectivity index (χ3n) is 5.66. The normalized spacial score (nSPS) is 26.3. The first kappa shape index (κ1) is 16.4. The van der Waals surface area contributed by atoms with Crippen LogP contribution < -0.4 is 5.32 Å². The highest BCUT2D eigenvalue weighted by Crippen LogP contribution is 2.47. The molecule has 1 saturated heterocycles. The van der Waals surface area contributed by atoms with Gasteiger partial charge in [-0.05, 0) is 44.4 Å². The highest BCUT2D eigenvalue weighted by atomic mass is 16.7. The van der Waals surface area contributed by atoms with Crippen molar-refractivity contribution >= 4 is 5.91 Å². The molecule has 1 aliphatic heterocycles. The molecule has 0 bridgehead atoms. The fourth-order valence-corrected chi connectivity index (χ4v) is 4.41. The van der Waals surface area contributed by atoms with Gasteiger partial charge in [-0.15, -0.1) is 0 Å². The number of amides is 1. The minimum atomic E-state index is -0.194. The van der Waals surface area contributed by atoms with Crippen molar-refractivity contribution in [2.75, 3.05) is 20.7 Å². The molecule has 2 fully saturated rings. The van der Waals surface area contributed by atoms with Crippen molar-refractivity contribution < 1.29 is 9.63 Å². The molecule has 1 aromatic heterocycles. The molecule has 1 aliphatic carbocycles. The molecule has 1 aromatic rings. The van der Waals surface area contributed by atoms with Crippen molar-refractivity contribution in [3.05, 3.63) is 30.1 Å². The Hall–Kier alpha value is -1.46. The van der Waals surface area contributed by atoms with Gasteiger partial charge < -0.3 is 5.32 Å². The molecule has 0 radical (unpaired) electrons. The summed E-state index contributed by atoms with van der Waals surface area (Å²) >= 11 is 0. The molecule has 3 rings (SSSR count). The topological polar surface area (TPSA) is 54.5 Å². The van der Waals surface area contributed by atoms with E-state index in [1.54, 1.807) is 7.05 Å². The third kappa shape index (κ3) is 3.26. The van der Waals surface area contributed by atoms with E-state index in [9.17, 15) is 4.79 Å². The van der Waals surface area contributed by atoms with Crippen LogP contribution in [0.3, 0.4) is 0 Å². The summed E-state index contributed by atoms with van der Waals surface area (Å²) in [5, 5.41) is 5.09. The monoisotopic (exact) mass is 317 g/mol. The lowest BCUT2D eigenvalue weighted by molar-refractivity contribution is -0.170. The Morgan fingerprint density at radius 1 is 1.35 bits per heavy atom. The van der Waals surface area contributed by atoms with E-state index in [-0.39, 0.29) is 16.9 Å². The largest absolute Gasteiger partial charge is 0.311 e. The third-order valence-corrected chi connectivity index (χ3v) is 5.66. The Morgan fingerprint density at radius 3 is 2.78 bits per heavy atom. The minimum absolute atomic E-state index is 0.0215. The van der Waals surface area contributed by atoms with Crippen LogP contribution in [0.2, 0.25) is 0 Å². The lowest BCUT2D eigenvalue weighted by Crippen LogP contribution is -2.56. The van der Waals surface area contributed by atoms with Gasteiger partial charge in [0.05, 0.1) is 7.11 Å². The summed E-state index contributed by atoms with van der Waals surface area (Å²) < 4.78 is 0. The number of carbonyl (C=O) groups excluding carboxylic acids is 1. The van der Waals surface area contributed by atoms with Gasteiger partial charge in [0.2, 0.25) is 5.91 Å². The lowest BCUT2D eigenvalue weighted by Gasteiger charge is -2.47. The highest BCUT2D eigenvalue weighted by molar-refractivity contribution is 5.76. The smallest absolute Gasteiger partial charge is 0.246 e. The quantitative estimate of drug-likeness (QED) is 0.867. The van der Waals surface area contributed by atoms with E-state index in [0.29, 0.717) is 6.42 Å². The van der Waals surface area contributed by atoms with E-state index >= 15 is 0 Å². The second-order valence-electron chi connectivity index (χ2n) is 7.09. The molecule has 1 N–H and O–H groups in total. The van der Waals surface area contributed by atoms with E-state index in [2.05, 4.69) is 16.4 Å². The molecule has 1 spiro atoms. The first-order chi connectivity index (χ1) is 11.1. The standard InChI is InChI=1S/C18H27N3O2/c1-21(23-2)16(22)13-17(15-7-3-6-11-19-15)10-12-20-18(14-17)8-4-5-9-18/h3,6-7,11,20H,4-5,8-10,12-14H2,1-2H3/t17-/m0/s1. The van der Waals surface area contributed by atoms with Gasteiger partial charge in [-0.2, -0.15) is 0 Å². The number of rotatable bonds is 4. The van der Waals surface area contributed by atoms with Gasteiger partial charge in [0.15, 0.2) is 0 Å². The van der Waals surface area contributed by atoms with Crippen LogP contribution in [0.1, 0.15) is 50.6 Å². The molecule has 5 nitrogen and oxygen atoms in total. The number of aromatic nitrogens is 1. The molecule has 1 atom stereocenters. The Balaban J connectivity index is 1.92. The number of piperidine rings is 1. The van der Waals surface area contributed by atoms with Gasteiger partial charge in [-0.1, -0.05) is 18.9 Å². The van der Waals surface area contributed by atoms with Crippen LogP contribution in [0.15, 0.2) is 24.4 Å². The minimum Gasteiger partial charge on any atom is -0.311 e. The van der Waals surface area contributed by atoms with Crippen molar-refractivity contribution in [2.45, 2.75) is 55.9 Å². The molecule has 0 unspecified atom stereocenters. The van der Waals surface area contributed by atoms with Crippen LogP contribution in [0.25, 0.3) is 0 Å². The first-order valence-corrected chi connectivity index (χ1v) is 8.56. The van der Waals surface area contributed by atoms with Gasteiger partial charge in [-0.3, -0.25) is 14.6 Å². The van der Waals surface area contributed by atoms with Crippen LogP contribution in [-0.2, 0) is 15.0 Å². The fraction of sp³-hybridized carbons (Fsp3) is 0.667. The van der Waals surface area contributed by atoms with Crippen molar-refractivity contribution in [1.29, 1.82) is 0 Å². The van der Waals surface area contributed by atoms with Crippen molar-refractivity contribution in [1.82, 2.24) is 15.4 Å². The van der Waals surface area contributed by atoms with Crippen LogP contribution in [0, 0.1) is 0 Å². The van der Waals surface area contributed by atoms with E-state index in [1.807, 2.05) is 18.3 Å². The molecule has 0 aromatic carbocycles. The van der Waals surface area contributed by atoms with Gasteiger partial charge in [0.1, 0.15) is 0 Å². The number of nitrogens with one attached hydrogen (secondary N) is 1. The predicted molar refractivity (Wildman–Crippen MR) is 88.7 cm³/mol. The van der Waals surface area contributed by atoms with Crippen LogP contribution in [-0.4, -0.2) is 42.2 Å². The van der Waals surface area contributed by atoms with Crippen LogP contribution in [0.5, 0.6) is 0 Å². The summed E-state index contributed by atoms with van der Waals surface area (Å²) in [6, 6.07) is 6.04. The summed E-state index contributed by atoms with van der Waals surface area (Å²) in [6.45, 7) is 0.945. The Morgan fingerprint density at radius 2 is 2.13 bits per heavy atom. The second kappa shape index (κ2) is 6.57. The van der Waals surface area contributed by atoms with E-state index in [0.717, 1.165) is 25.1 Å². The maximum atomic E-state index is 12.6. The summed E-state index contributed by atoms with van der Waals surface area (Å²) in [5.74, 6) is 0.0215. The Labute approximate surface area is 138 Å². The van der Waals surface area contributed by atoms with E-state index in [4.69, 9.17) is 4.84 Å². The van der Waals surface area contributed by atoms with Gasteiger partial charge >= 0.3 is 0 Å². The molecule has 1 saturated carbocycles. The van der Waals surface area contributed by atoms with Gasteiger partial charge in [0, 0.05) is 36.3 Å². The summed E-state index contributed by atoms with van der Waals surface area (Å²) in [5.41, 5.74) is 1.04. The molecule has 1 amide bonds. The zero-order valence-electron chi connectivity index (χ0n) is 14.2. The van der Waals surface area contributed by atoms with Crippen molar-refractivity contribution in [2.24, 2.45) is 0 Å². The maximum absolute atomic E-state index is 12.6. The number of nitrogens with zero attached hydrogens (tertiary/aromatic N) is 2. The van der Waals surface area contributed by atoms with E-state index in [1.165, 1.54) is 37.9 Å². The van der Waals surface area contributed by atoms with Crippen LogP contribution >= 0.6 is 0 Å². The molecule has 23 heavy (non-hydrogen) atoms. The maximum Gasteiger partial charge on any atom is 0.246 e. The molecule has 5 heteroatoms. The molecule has 2 aliphatic rings. The Bertz CT molecular complexity index is 542. The number of hydrogen-bond acceptors (Lipinski definition) is 4. The first-order valence-electron chi connectivity index (χ1n) is 8.56. The summed E-state index contributed by atoms with van der Waals surface area (Å²) in [7, 11) is 3.22. The molecular formula is C18H27N3O2. The van der Waals surface area contributed by atoms with Crippen molar-refractivity contribution in [3.8, 4) is 0 Å². The average molecular weight is 317 g/mol. The van der Waals surface area contributed by atoms with Crippen molar-refractivity contribution in [3.63, 3.8) is 0 Å².